The van der Waals surface area contributed by atoms with Crippen LogP contribution < -0.4 is 5.32 Å². The Bertz CT molecular complexity index is 555. The second kappa shape index (κ2) is 8.10. The molecule has 1 aromatic carbocycles. The first-order valence-electron chi connectivity index (χ1n) is 9.04. The number of carbonyl (C=O) groups excluding carboxylic acids is 1. The van der Waals surface area contributed by atoms with Crippen molar-refractivity contribution in [3.63, 3.8) is 0 Å². The average molecular weight is 332 g/mol. The van der Waals surface area contributed by atoms with Crippen LogP contribution in [0.4, 0.5) is 5.69 Å². The van der Waals surface area contributed by atoms with Crippen LogP contribution in [-0.2, 0) is 16.1 Å². The van der Waals surface area contributed by atoms with Crippen molar-refractivity contribution in [1.82, 2.24) is 4.90 Å². The van der Waals surface area contributed by atoms with Crippen LogP contribution in [0.25, 0.3) is 0 Å². The second-order valence-electron chi connectivity index (χ2n) is 6.93. The molecule has 1 aromatic rings. The lowest BCUT2D eigenvalue weighted by Crippen LogP contribution is -2.34. The number of carbonyl (C=O) groups is 1. The predicted octanol–water partition coefficient (Wildman–Crippen LogP) is 2.25. The van der Waals surface area contributed by atoms with Gasteiger partial charge in [-0.3, -0.25) is 9.69 Å². The van der Waals surface area contributed by atoms with Crippen LogP contribution in [0.15, 0.2) is 24.3 Å². The van der Waals surface area contributed by atoms with Crippen LogP contribution in [0.3, 0.4) is 0 Å². The first kappa shape index (κ1) is 17.4. The van der Waals surface area contributed by atoms with Gasteiger partial charge >= 0.3 is 0 Å². The molecule has 3 rings (SSSR count). The third-order valence-corrected chi connectivity index (χ3v) is 5.02. The SMILES string of the molecule is CCOC1CC1C(=O)Nc1cccc(CN2CCC(CO)CC2)c1. The molecule has 2 N–H and O–H groups in total. The van der Waals surface area contributed by atoms with E-state index >= 15 is 0 Å². The molecule has 5 heteroatoms. The van der Waals surface area contributed by atoms with Gasteiger partial charge in [-0.1, -0.05) is 12.1 Å². The number of amides is 1. The van der Waals surface area contributed by atoms with E-state index in [9.17, 15) is 9.90 Å². The van der Waals surface area contributed by atoms with Crippen LogP contribution in [0.5, 0.6) is 0 Å². The average Bonchev–Trinajstić information content (AvgIpc) is 3.36. The van der Waals surface area contributed by atoms with Crippen LogP contribution >= 0.6 is 0 Å². The van der Waals surface area contributed by atoms with Crippen molar-refractivity contribution in [2.45, 2.75) is 38.8 Å². The lowest BCUT2D eigenvalue weighted by Gasteiger charge is -2.31. The van der Waals surface area contributed by atoms with E-state index < -0.39 is 0 Å². The Balaban J connectivity index is 1.50. The molecule has 132 valence electrons. The Morgan fingerprint density at radius 3 is 2.88 bits per heavy atom. The van der Waals surface area contributed by atoms with E-state index in [1.807, 2.05) is 19.1 Å². The van der Waals surface area contributed by atoms with Crippen LogP contribution in [0.2, 0.25) is 0 Å². The summed E-state index contributed by atoms with van der Waals surface area (Å²) in [6.45, 7) is 5.88. The smallest absolute Gasteiger partial charge is 0.230 e. The zero-order chi connectivity index (χ0) is 16.9. The van der Waals surface area contributed by atoms with E-state index in [1.54, 1.807) is 0 Å². The molecule has 5 nitrogen and oxygen atoms in total. The molecule has 0 radical (unpaired) electrons. The van der Waals surface area contributed by atoms with Gasteiger partial charge in [0.25, 0.3) is 0 Å². The van der Waals surface area contributed by atoms with Gasteiger partial charge in [-0.2, -0.15) is 0 Å². The minimum absolute atomic E-state index is 0.00566. The van der Waals surface area contributed by atoms with Crippen molar-refractivity contribution < 1.29 is 14.6 Å². The number of hydrogen-bond donors (Lipinski definition) is 2. The van der Waals surface area contributed by atoms with Crippen LogP contribution in [0.1, 0.15) is 31.7 Å². The van der Waals surface area contributed by atoms with Crippen LogP contribution in [-0.4, -0.2) is 48.3 Å². The number of ether oxygens (including phenoxy) is 1. The maximum absolute atomic E-state index is 12.2. The van der Waals surface area contributed by atoms with Crippen molar-refractivity contribution in [1.29, 1.82) is 0 Å². The van der Waals surface area contributed by atoms with E-state index in [4.69, 9.17) is 4.74 Å². The minimum Gasteiger partial charge on any atom is -0.396 e. The molecule has 0 aromatic heterocycles. The largest absolute Gasteiger partial charge is 0.396 e. The molecule has 24 heavy (non-hydrogen) atoms. The number of piperidine rings is 1. The van der Waals surface area contributed by atoms with E-state index in [0.29, 0.717) is 19.1 Å². The Hall–Kier alpha value is -1.43. The molecule has 0 bridgehead atoms. The normalized spacial score (nSPS) is 24.8. The second-order valence-corrected chi connectivity index (χ2v) is 6.93. The van der Waals surface area contributed by atoms with Gasteiger partial charge in [-0.15, -0.1) is 0 Å². The maximum atomic E-state index is 12.2. The molecule has 2 atom stereocenters. The molecule has 2 aliphatic rings. The topological polar surface area (TPSA) is 61.8 Å². The number of hydrogen-bond acceptors (Lipinski definition) is 4. The molecular formula is C19H28N2O3. The number of benzene rings is 1. The summed E-state index contributed by atoms with van der Waals surface area (Å²) in [4.78, 5) is 14.6. The van der Waals surface area contributed by atoms with Crippen molar-refractivity contribution in [2.24, 2.45) is 11.8 Å². The molecule has 1 saturated heterocycles. The van der Waals surface area contributed by atoms with E-state index in [2.05, 4.69) is 22.3 Å². The number of rotatable bonds is 7. The van der Waals surface area contributed by atoms with E-state index in [0.717, 1.165) is 44.6 Å². The van der Waals surface area contributed by atoms with Gasteiger partial charge in [0.2, 0.25) is 5.91 Å². The fourth-order valence-electron chi connectivity index (χ4n) is 3.41. The highest BCUT2D eigenvalue weighted by atomic mass is 16.5. The molecule has 1 heterocycles. The van der Waals surface area contributed by atoms with Gasteiger partial charge < -0.3 is 15.2 Å². The number of likely N-dealkylation sites (tertiary alicyclic amines) is 1. The Morgan fingerprint density at radius 2 is 2.17 bits per heavy atom. The summed E-state index contributed by atoms with van der Waals surface area (Å²) in [5, 5.41) is 12.2. The fourth-order valence-corrected chi connectivity index (χ4v) is 3.41. The maximum Gasteiger partial charge on any atom is 0.230 e. The quantitative estimate of drug-likeness (QED) is 0.804. The highest BCUT2D eigenvalue weighted by Gasteiger charge is 2.43. The van der Waals surface area contributed by atoms with Crippen molar-refractivity contribution >= 4 is 11.6 Å². The van der Waals surface area contributed by atoms with Crippen molar-refractivity contribution in [3.05, 3.63) is 29.8 Å². The molecule has 1 saturated carbocycles. The minimum atomic E-state index is 0.00566. The van der Waals surface area contributed by atoms with Gasteiger partial charge in [0, 0.05) is 25.4 Å². The monoisotopic (exact) mass is 332 g/mol. The highest BCUT2D eigenvalue weighted by molar-refractivity contribution is 5.94. The van der Waals surface area contributed by atoms with Gasteiger partial charge in [0.1, 0.15) is 0 Å². The zero-order valence-electron chi connectivity index (χ0n) is 14.4. The zero-order valence-corrected chi connectivity index (χ0v) is 14.4. The fraction of sp³-hybridized carbons (Fsp3) is 0.632. The molecule has 2 fully saturated rings. The summed E-state index contributed by atoms with van der Waals surface area (Å²) in [6.07, 6.45) is 3.06. The third kappa shape index (κ3) is 4.56. The summed E-state index contributed by atoms with van der Waals surface area (Å²) in [5.74, 6) is 0.532. The van der Waals surface area contributed by atoms with Gasteiger partial charge in [-0.25, -0.2) is 0 Å². The number of nitrogens with zero attached hydrogens (tertiary/aromatic N) is 1. The standard InChI is InChI=1S/C19H28N2O3/c1-2-24-18-11-17(18)19(23)20-16-5-3-4-15(10-16)12-21-8-6-14(13-22)7-9-21/h3-5,10,14,17-18,22H,2,6-9,11-13H2,1H3,(H,20,23). The molecule has 1 aliphatic heterocycles. The molecule has 0 spiro atoms. The van der Waals surface area contributed by atoms with Crippen LogP contribution in [0, 0.1) is 11.8 Å². The summed E-state index contributed by atoms with van der Waals surface area (Å²) in [5.41, 5.74) is 2.08. The number of anilines is 1. The molecule has 1 amide bonds. The number of aliphatic hydroxyl groups is 1. The van der Waals surface area contributed by atoms with Gasteiger partial charge in [0.05, 0.1) is 12.0 Å². The number of nitrogens with one attached hydrogen (secondary N) is 1. The van der Waals surface area contributed by atoms with Crippen molar-refractivity contribution in [3.8, 4) is 0 Å². The summed E-state index contributed by atoms with van der Waals surface area (Å²) < 4.78 is 5.48. The summed E-state index contributed by atoms with van der Waals surface area (Å²) in [6, 6.07) is 8.11. The Morgan fingerprint density at radius 1 is 1.38 bits per heavy atom. The first-order chi connectivity index (χ1) is 11.7. The van der Waals surface area contributed by atoms with Crippen molar-refractivity contribution in [2.75, 3.05) is 31.6 Å². The third-order valence-electron chi connectivity index (χ3n) is 5.02. The Labute approximate surface area is 144 Å². The summed E-state index contributed by atoms with van der Waals surface area (Å²) >= 11 is 0. The van der Waals surface area contributed by atoms with E-state index in [1.165, 1.54) is 5.56 Å². The van der Waals surface area contributed by atoms with Gasteiger partial charge in [-0.05, 0) is 62.9 Å². The predicted molar refractivity (Wildman–Crippen MR) is 93.7 cm³/mol. The first-order valence-corrected chi connectivity index (χ1v) is 9.04. The summed E-state index contributed by atoms with van der Waals surface area (Å²) in [7, 11) is 0. The molecule has 1 aliphatic carbocycles. The lowest BCUT2D eigenvalue weighted by atomic mass is 9.97. The number of aliphatic hydroxyl groups excluding tert-OH is 1. The van der Waals surface area contributed by atoms with Gasteiger partial charge in [0.15, 0.2) is 0 Å². The molecule has 2 unspecified atom stereocenters. The molecular weight excluding hydrogens is 304 g/mol. The highest BCUT2D eigenvalue weighted by Crippen LogP contribution is 2.34. The lowest BCUT2D eigenvalue weighted by molar-refractivity contribution is -0.118. The van der Waals surface area contributed by atoms with E-state index in [-0.39, 0.29) is 17.9 Å². The Kier molecular flexibility index (Phi) is 5.87.